The van der Waals surface area contributed by atoms with Crippen LogP contribution in [0.25, 0.3) is 0 Å². The lowest BCUT2D eigenvalue weighted by Gasteiger charge is -2.12. The van der Waals surface area contributed by atoms with Crippen molar-refractivity contribution in [1.82, 2.24) is 10.3 Å². The Hall–Kier alpha value is -1.45. The summed E-state index contributed by atoms with van der Waals surface area (Å²) in [7, 11) is 0. The Labute approximate surface area is 89.2 Å². The molecular weight excluding hydrogens is 190 g/mol. The van der Waals surface area contributed by atoms with Gasteiger partial charge in [0.25, 0.3) is 5.91 Å². The van der Waals surface area contributed by atoms with Gasteiger partial charge in [0.1, 0.15) is 5.69 Å². The number of carbonyl (C=O) groups is 1. The second kappa shape index (κ2) is 3.61. The Kier molecular flexibility index (Phi) is 2.42. The highest BCUT2D eigenvalue weighted by atomic mass is 16.1. The van der Waals surface area contributed by atoms with Crippen LogP contribution in [0.2, 0.25) is 0 Å². The Balaban J connectivity index is 1.88. The van der Waals surface area contributed by atoms with E-state index in [4.69, 9.17) is 5.73 Å². The molecule has 1 fully saturated rings. The summed E-state index contributed by atoms with van der Waals surface area (Å²) in [5.74, 6) is -0.0635. The summed E-state index contributed by atoms with van der Waals surface area (Å²) in [6.45, 7) is 2.95. The number of H-pyrrole nitrogens is 1. The summed E-state index contributed by atoms with van der Waals surface area (Å²) in [6.07, 6.45) is 5.23. The molecule has 82 valence electrons. The van der Waals surface area contributed by atoms with Crippen LogP contribution < -0.4 is 11.1 Å². The zero-order valence-corrected chi connectivity index (χ0v) is 8.97. The van der Waals surface area contributed by atoms with Crippen molar-refractivity contribution >= 4 is 11.6 Å². The number of rotatable bonds is 4. The zero-order valence-electron chi connectivity index (χ0n) is 8.97. The van der Waals surface area contributed by atoms with Gasteiger partial charge in [-0.3, -0.25) is 4.79 Å². The van der Waals surface area contributed by atoms with Crippen molar-refractivity contribution in [3.8, 4) is 0 Å². The summed E-state index contributed by atoms with van der Waals surface area (Å²) in [5.41, 5.74) is 7.04. The standard InChI is InChI=1S/C11H17N3O/c1-2-11(3-4-11)7-14-10(15)9-5-8(12)6-13-9/h5-6,13H,2-4,7,12H2,1H3,(H,14,15). The van der Waals surface area contributed by atoms with E-state index in [9.17, 15) is 4.79 Å². The first-order valence-corrected chi connectivity index (χ1v) is 5.37. The molecule has 0 saturated heterocycles. The molecule has 4 N–H and O–H groups in total. The number of nitrogen functional groups attached to an aromatic ring is 1. The van der Waals surface area contributed by atoms with E-state index in [1.54, 1.807) is 12.3 Å². The predicted molar refractivity (Wildman–Crippen MR) is 59.5 cm³/mol. The van der Waals surface area contributed by atoms with E-state index < -0.39 is 0 Å². The lowest BCUT2D eigenvalue weighted by atomic mass is 10.0. The average Bonchev–Trinajstić information content (AvgIpc) is 2.90. The minimum absolute atomic E-state index is 0.0635. The van der Waals surface area contributed by atoms with Crippen molar-refractivity contribution in [2.75, 3.05) is 12.3 Å². The van der Waals surface area contributed by atoms with Crippen LogP contribution in [0.3, 0.4) is 0 Å². The largest absolute Gasteiger partial charge is 0.397 e. The smallest absolute Gasteiger partial charge is 0.267 e. The number of nitrogens with one attached hydrogen (secondary N) is 2. The number of carbonyl (C=O) groups excluding carboxylic acids is 1. The summed E-state index contributed by atoms with van der Waals surface area (Å²) >= 11 is 0. The molecule has 4 heteroatoms. The van der Waals surface area contributed by atoms with Gasteiger partial charge in [0.05, 0.1) is 0 Å². The molecule has 1 aliphatic carbocycles. The van der Waals surface area contributed by atoms with Crippen LogP contribution in [0.1, 0.15) is 36.7 Å². The highest BCUT2D eigenvalue weighted by molar-refractivity contribution is 5.93. The molecule has 1 heterocycles. The third-order valence-electron chi connectivity index (χ3n) is 3.28. The van der Waals surface area contributed by atoms with Crippen LogP contribution in [0, 0.1) is 5.41 Å². The van der Waals surface area contributed by atoms with Crippen molar-refractivity contribution in [2.45, 2.75) is 26.2 Å². The van der Waals surface area contributed by atoms with Crippen molar-refractivity contribution in [2.24, 2.45) is 5.41 Å². The number of nitrogens with two attached hydrogens (primary N) is 1. The van der Waals surface area contributed by atoms with E-state index in [0.29, 0.717) is 16.8 Å². The molecule has 1 aliphatic rings. The second-order valence-corrected chi connectivity index (χ2v) is 4.38. The zero-order chi connectivity index (χ0) is 10.9. The van der Waals surface area contributed by atoms with E-state index in [0.717, 1.165) is 13.0 Å². The molecule has 0 radical (unpaired) electrons. The fraction of sp³-hybridized carbons (Fsp3) is 0.545. The van der Waals surface area contributed by atoms with E-state index in [2.05, 4.69) is 17.2 Å². The SMILES string of the molecule is CCC1(CNC(=O)c2cc(N)c[nH]2)CC1. The van der Waals surface area contributed by atoms with Gasteiger partial charge in [0.2, 0.25) is 0 Å². The van der Waals surface area contributed by atoms with Gasteiger partial charge in [-0.2, -0.15) is 0 Å². The summed E-state index contributed by atoms with van der Waals surface area (Å²) < 4.78 is 0. The van der Waals surface area contributed by atoms with E-state index in [1.165, 1.54) is 12.8 Å². The van der Waals surface area contributed by atoms with Gasteiger partial charge < -0.3 is 16.0 Å². The summed E-state index contributed by atoms with van der Waals surface area (Å²) in [4.78, 5) is 14.5. The average molecular weight is 207 g/mol. The molecule has 0 unspecified atom stereocenters. The van der Waals surface area contributed by atoms with E-state index >= 15 is 0 Å². The van der Waals surface area contributed by atoms with Crippen molar-refractivity contribution < 1.29 is 4.79 Å². The molecule has 2 rings (SSSR count). The maximum atomic E-state index is 11.7. The minimum Gasteiger partial charge on any atom is -0.397 e. The molecule has 0 atom stereocenters. The molecule has 15 heavy (non-hydrogen) atoms. The van der Waals surface area contributed by atoms with Crippen molar-refractivity contribution in [1.29, 1.82) is 0 Å². The monoisotopic (exact) mass is 207 g/mol. The van der Waals surface area contributed by atoms with Crippen LogP contribution in [-0.4, -0.2) is 17.4 Å². The Morgan fingerprint density at radius 3 is 2.87 bits per heavy atom. The third kappa shape index (κ3) is 2.14. The number of hydrogen-bond donors (Lipinski definition) is 3. The van der Waals surface area contributed by atoms with E-state index in [1.807, 2.05) is 0 Å². The second-order valence-electron chi connectivity index (χ2n) is 4.38. The Bertz CT molecular complexity index is 366. The van der Waals surface area contributed by atoms with Gasteiger partial charge in [0.15, 0.2) is 0 Å². The number of aromatic nitrogens is 1. The topological polar surface area (TPSA) is 70.9 Å². The van der Waals surface area contributed by atoms with Crippen LogP contribution in [0.4, 0.5) is 5.69 Å². The van der Waals surface area contributed by atoms with Gasteiger partial charge in [-0.15, -0.1) is 0 Å². The fourth-order valence-corrected chi connectivity index (χ4v) is 1.74. The molecule has 0 spiro atoms. The number of anilines is 1. The van der Waals surface area contributed by atoms with Crippen LogP contribution in [0.15, 0.2) is 12.3 Å². The van der Waals surface area contributed by atoms with Gasteiger partial charge >= 0.3 is 0 Å². The van der Waals surface area contributed by atoms with Crippen LogP contribution >= 0.6 is 0 Å². The molecule has 1 saturated carbocycles. The first-order chi connectivity index (χ1) is 7.15. The molecular formula is C11H17N3O. The molecule has 1 aromatic heterocycles. The highest BCUT2D eigenvalue weighted by Gasteiger charge is 2.40. The predicted octanol–water partition coefficient (Wildman–Crippen LogP) is 1.52. The first-order valence-electron chi connectivity index (χ1n) is 5.37. The molecule has 0 aromatic carbocycles. The van der Waals surface area contributed by atoms with Crippen LogP contribution in [-0.2, 0) is 0 Å². The maximum absolute atomic E-state index is 11.7. The number of aromatic amines is 1. The first kappa shape index (κ1) is 10.1. The van der Waals surface area contributed by atoms with Crippen molar-refractivity contribution in [3.63, 3.8) is 0 Å². The molecule has 0 aliphatic heterocycles. The Morgan fingerprint density at radius 1 is 1.67 bits per heavy atom. The summed E-state index contributed by atoms with van der Waals surface area (Å²) in [6, 6.07) is 1.65. The molecule has 0 bridgehead atoms. The molecule has 1 amide bonds. The molecule has 1 aromatic rings. The minimum atomic E-state index is -0.0635. The third-order valence-corrected chi connectivity index (χ3v) is 3.28. The highest BCUT2D eigenvalue weighted by Crippen LogP contribution is 2.47. The maximum Gasteiger partial charge on any atom is 0.267 e. The van der Waals surface area contributed by atoms with Crippen molar-refractivity contribution in [3.05, 3.63) is 18.0 Å². The van der Waals surface area contributed by atoms with Gasteiger partial charge in [-0.25, -0.2) is 0 Å². The van der Waals surface area contributed by atoms with Gasteiger partial charge in [-0.05, 0) is 30.7 Å². The number of amides is 1. The van der Waals surface area contributed by atoms with Gasteiger partial charge in [0, 0.05) is 18.4 Å². The quantitative estimate of drug-likeness (QED) is 0.700. The lowest BCUT2D eigenvalue weighted by Crippen LogP contribution is -2.30. The normalized spacial score (nSPS) is 17.4. The van der Waals surface area contributed by atoms with Gasteiger partial charge in [-0.1, -0.05) is 6.92 Å². The van der Waals surface area contributed by atoms with E-state index in [-0.39, 0.29) is 5.91 Å². The lowest BCUT2D eigenvalue weighted by molar-refractivity contribution is 0.0940. The Morgan fingerprint density at radius 2 is 2.40 bits per heavy atom. The summed E-state index contributed by atoms with van der Waals surface area (Å²) in [5, 5.41) is 2.94. The number of hydrogen-bond acceptors (Lipinski definition) is 2. The van der Waals surface area contributed by atoms with Crippen LogP contribution in [0.5, 0.6) is 0 Å². The fourth-order valence-electron chi connectivity index (χ4n) is 1.74. The molecule has 4 nitrogen and oxygen atoms in total.